The Bertz CT molecular complexity index is 1470. The molecule has 4 rings (SSSR count). The van der Waals surface area contributed by atoms with Crippen LogP contribution >= 0.6 is 0 Å². The van der Waals surface area contributed by atoms with Crippen LogP contribution in [0.25, 0.3) is 0 Å². The molecule has 1 saturated heterocycles. The molecule has 13 heteroatoms. The van der Waals surface area contributed by atoms with Gasteiger partial charge in [0.05, 0.1) is 5.56 Å². The zero-order chi connectivity index (χ0) is 30.4. The number of benzene rings is 2. The SMILES string of the molecule is CCC(=O)NN1CCC(Oc2ncc(C(=O)Nc3cc(C(=O)c4cccc(C(F)(F)F)c4)ccc3C)c(NC)n2)CC1. The largest absolute Gasteiger partial charge is 0.460 e. The fourth-order valence-corrected chi connectivity index (χ4v) is 4.36. The van der Waals surface area contributed by atoms with Gasteiger partial charge < -0.3 is 15.4 Å². The second kappa shape index (κ2) is 13.0. The van der Waals surface area contributed by atoms with Crippen molar-refractivity contribution in [3.63, 3.8) is 0 Å². The molecule has 3 N–H and O–H groups in total. The lowest BCUT2D eigenvalue weighted by atomic mass is 9.99. The van der Waals surface area contributed by atoms with E-state index in [1.165, 1.54) is 30.5 Å². The van der Waals surface area contributed by atoms with Crippen LogP contribution < -0.4 is 20.8 Å². The van der Waals surface area contributed by atoms with Gasteiger partial charge in [-0.25, -0.2) is 9.99 Å². The van der Waals surface area contributed by atoms with Crippen LogP contribution in [0.1, 0.15) is 63.6 Å². The summed E-state index contributed by atoms with van der Waals surface area (Å²) in [4.78, 5) is 46.3. The summed E-state index contributed by atoms with van der Waals surface area (Å²) < 4.78 is 45.3. The van der Waals surface area contributed by atoms with E-state index in [9.17, 15) is 27.6 Å². The quantitative estimate of drug-likeness (QED) is 0.312. The van der Waals surface area contributed by atoms with Crippen molar-refractivity contribution < 1.29 is 32.3 Å². The van der Waals surface area contributed by atoms with Gasteiger partial charge in [-0.1, -0.05) is 31.2 Å². The number of nitrogens with one attached hydrogen (secondary N) is 3. The van der Waals surface area contributed by atoms with E-state index in [0.29, 0.717) is 43.6 Å². The van der Waals surface area contributed by atoms with Gasteiger partial charge in [0.25, 0.3) is 5.91 Å². The first-order valence-corrected chi connectivity index (χ1v) is 13.4. The van der Waals surface area contributed by atoms with Crippen LogP contribution in [-0.2, 0) is 11.0 Å². The predicted molar refractivity (Wildman–Crippen MR) is 149 cm³/mol. The number of anilines is 2. The van der Waals surface area contributed by atoms with Crippen molar-refractivity contribution in [2.75, 3.05) is 30.8 Å². The van der Waals surface area contributed by atoms with Crippen molar-refractivity contribution >= 4 is 29.1 Å². The Hall–Kier alpha value is -4.52. The van der Waals surface area contributed by atoms with Crippen LogP contribution in [0.4, 0.5) is 24.7 Å². The maximum absolute atomic E-state index is 13.2. The van der Waals surface area contributed by atoms with Crippen molar-refractivity contribution in [2.45, 2.75) is 45.4 Å². The number of aromatic nitrogens is 2. The molecule has 0 spiro atoms. The molecule has 0 aliphatic carbocycles. The zero-order valence-electron chi connectivity index (χ0n) is 23.3. The first kappa shape index (κ1) is 30.4. The molecule has 1 aliphatic rings. The number of hydrogen-bond donors (Lipinski definition) is 3. The third kappa shape index (κ3) is 7.40. The highest BCUT2D eigenvalue weighted by molar-refractivity contribution is 6.11. The van der Waals surface area contributed by atoms with E-state index in [4.69, 9.17) is 4.74 Å². The van der Waals surface area contributed by atoms with Gasteiger partial charge in [-0.05, 0) is 43.5 Å². The van der Waals surface area contributed by atoms with E-state index in [1.807, 2.05) is 5.01 Å². The summed E-state index contributed by atoms with van der Waals surface area (Å²) in [6.45, 7) is 4.74. The summed E-state index contributed by atoms with van der Waals surface area (Å²) in [6, 6.07) is 8.78. The Labute approximate surface area is 240 Å². The third-order valence-electron chi connectivity index (χ3n) is 6.77. The highest BCUT2D eigenvalue weighted by atomic mass is 19.4. The van der Waals surface area contributed by atoms with Crippen LogP contribution in [0.2, 0.25) is 0 Å². The van der Waals surface area contributed by atoms with Crippen LogP contribution in [0.3, 0.4) is 0 Å². The number of nitrogens with zero attached hydrogens (tertiary/aromatic N) is 3. The number of ketones is 1. The Morgan fingerprint density at radius 1 is 1.07 bits per heavy atom. The maximum Gasteiger partial charge on any atom is 0.416 e. The van der Waals surface area contributed by atoms with E-state index in [0.717, 1.165) is 12.1 Å². The summed E-state index contributed by atoms with van der Waals surface area (Å²) in [6.07, 6.45) is -1.71. The van der Waals surface area contributed by atoms with E-state index in [2.05, 4.69) is 26.0 Å². The molecule has 2 aromatic carbocycles. The minimum Gasteiger partial charge on any atom is -0.460 e. The number of piperidine rings is 1. The first-order valence-electron chi connectivity index (χ1n) is 13.4. The second-order valence-corrected chi connectivity index (χ2v) is 9.75. The zero-order valence-corrected chi connectivity index (χ0v) is 23.3. The van der Waals surface area contributed by atoms with Gasteiger partial charge >= 0.3 is 12.2 Å². The minimum absolute atomic E-state index is 0.0468. The first-order chi connectivity index (χ1) is 20.0. The molecule has 0 bridgehead atoms. The highest BCUT2D eigenvalue weighted by Crippen LogP contribution is 2.30. The van der Waals surface area contributed by atoms with Crippen molar-refractivity contribution in [3.05, 3.63) is 76.5 Å². The summed E-state index contributed by atoms with van der Waals surface area (Å²) >= 11 is 0. The van der Waals surface area contributed by atoms with Gasteiger partial charge in [0.15, 0.2) is 5.78 Å². The van der Waals surface area contributed by atoms with Crippen molar-refractivity contribution in [1.82, 2.24) is 20.4 Å². The predicted octanol–water partition coefficient (Wildman–Crippen LogP) is 4.61. The summed E-state index contributed by atoms with van der Waals surface area (Å²) in [5, 5.41) is 7.45. The normalized spacial score (nSPS) is 14.2. The summed E-state index contributed by atoms with van der Waals surface area (Å²) in [5.41, 5.74) is 2.97. The number of amides is 2. The number of ether oxygens (including phenoxy) is 1. The number of hydrogen-bond acceptors (Lipinski definition) is 8. The molecule has 0 saturated carbocycles. The second-order valence-electron chi connectivity index (χ2n) is 9.75. The van der Waals surface area contributed by atoms with Crippen LogP contribution in [0, 0.1) is 6.92 Å². The number of rotatable bonds is 9. The van der Waals surface area contributed by atoms with Crippen LogP contribution in [-0.4, -0.2) is 58.8 Å². The smallest absolute Gasteiger partial charge is 0.416 e. The van der Waals surface area contributed by atoms with Crippen molar-refractivity contribution in [1.29, 1.82) is 0 Å². The maximum atomic E-state index is 13.2. The summed E-state index contributed by atoms with van der Waals surface area (Å²) in [5.74, 6) is -0.998. The molecule has 0 radical (unpaired) electrons. The number of carbonyl (C=O) groups is 3. The van der Waals surface area contributed by atoms with Gasteiger partial charge in [0, 0.05) is 49.6 Å². The van der Waals surface area contributed by atoms with E-state index < -0.39 is 23.4 Å². The topological polar surface area (TPSA) is 126 Å². The Morgan fingerprint density at radius 2 is 1.79 bits per heavy atom. The van der Waals surface area contributed by atoms with E-state index in [-0.39, 0.29) is 40.5 Å². The monoisotopic (exact) mass is 584 g/mol. The average molecular weight is 585 g/mol. The number of hydrazine groups is 1. The van der Waals surface area contributed by atoms with Gasteiger partial charge in [0.1, 0.15) is 17.5 Å². The molecule has 222 valence electrons. The molecule has 3 aromatic rings. The standard InChI is InChI=1S/C29H31F3N6O4/c1-4-24(39)37-38-12-10-21(11-13-38)42-28-34-16-22(26(33-3)36-28)27(41)35-23-15-19(9-8-17(23)2)25(40)18-6-5-7-20(14-18)29(30,31)32/h5-9,14-16,21H,4,10-13H2,1-3H3,(H,35,41)(H,37,39)(H,33,34,36). The molecular formula is C29H31F3N6O4. The van der Waals surface area contributed by atoms with Crippen LogP contribution in [0.15, 0.2) is 48.7 Å². The van der Waals surface area contributed by atoms with Gasteiger partial charge in [-0.3, -0.25) is 19.8 Å². The lowest BCUT2D eigenvalue weighted by Gasteiger charge is -2.31. The fraction of sp³-hybridized carbons (Fsp3) is 0.345. The molecule has 0 unspecified atom stereocenters. The molecule has 1 aromatic heterocycles. The molecule has 42 heavy (non-hydrogen) atoms. The highest BCUT2D eigenvalue weighted by Gasteiger charge is 2.31. The molecule has 2 amide bonds. The Kier molecular flexibility index (Phi) is 9.41. The van der Waals surface area contributed by atoms with Gasteiger partial charge in [0.2, 0.25) is 5.91 Å². The van der Waals surface area contributed by atoms with Crippen molar-refractivity contribution in [2.24, 2.45) is 0 Å². The Balaban J connectivity index is 1.45. The average Bonchev–Trinajstić information content (AvgIpc) is 2.98. The van der Waals surface area contributed by atoms with Crippen LogP contribution in [0.5, 0.6) is 6.01 Å². The Morgan fingerprint density at radius 3 is 2.45 bits per heavy atom. The molecule has 10 nitrogen and oxygen atoms in total. The lowest BCUT2D eigenvalue weighted by Crippen LogP contribution is -2.48. The number of alkyl halides is 3. The number of aryl methyl sites for hydroxylation is 1. The fourth-order valence-electron chi connectivity index (χ4n) is 4.36. The van der Waals surface area contributed by atoms with E-state index >= 15 is 0 Å². The van der Waals surface area contributed by atoms with Gasteiger partial charge in [-0.15, -0.1) is 0 Å². The lowest BCUT2D eigenvalue weighted by molar-refractivity contribution is -0.137. The van der Waals surface area contributed by atoms with Gasteiger partial charge in [-0.2, -0.15) is 18.2 Å². The minimum atomic E-state index is -4.58. The van der Waals surface area contributed by atoms with Crippen molar-refractivity contribution in [3.8, 4) is 6.01 Å². The molecule has 1 aliphatic heterocycles. The third-order valence-corrected chi connectivity index (χ3v) is 6.77. The molecule has 1 fully saturated rings. The number of carbonyl (C=O) groups excluding carboxylic acids is 3. The summed E-state index contributed by atoms with van der Waals surface area (Å²) in [7, 11) is 1.59. The molecule has 0 atom stereocenters. The molecule has 2 heterocycles. The number of halogens is 3. The molecular weight excluding hydrogens is 553 g/mol. The van der Waals surface area contributed by atoms with E-state index in [1.54, 1.807) is 27.0 Å².